The number of fused-ring (bicyclic) bond motifs is 1. The largest absolute Gasteiger partial charge is 0.494 e. The van der Waals surface area contributed by atoms with Gasteiger partial charge in [0.2, 0.25) is 0 Å². The van der Waals surface area contributed by atoms with Gasteiger partial charge >= 0.3 is 17.9 Å². The molecule has 0 aliphatic carbocycles. The van der Waals surface area contributed by atoms with Crippen molar-refractivity contribution >= 4 is 40.0 Å². The SMILES string of the molecule is C=CC(=O)OCCCCCCOC(=O)c1ccc2cc(-c3ccc(-c4ccc(OCCCCOC(=O)C=C)cc4)s3)ccc2c1. The molecule has 3 aromatic carbocycles. The van der Waals surface area contributed by atoms with E-state index in [9.17, 15) is 14.4 Å². The summed E-state index contributed by atoms with van der Waals surface area (Å²) in [4.78, 5) is 37.0. The van der Waals surface area contributed by atoms with Crippen molar-refractivity contribution in [1.29, 1.82) is 0 Å². The van der Waals surface area contributed by atoms with Crippen LogP contribution in [0.1, 0.15) is 48.9 Å². The number of benzene rings is 3. The second-order valence-corrected chi connectivity index (χ2v) is 11.4. The zero-order chi connectivity index (χ0) is 31.9. The van der Waals surface area contributed by atoms with E-state index in [0.29, 0.717) is 32.0 Å². The lowest BCUT2D eigenvalue weighted by atomic mass is 10.0. The zero-order valence-electron chi connectivity index (χ0n) is 25.3. The van der Waals surface area contributed by atoms with Crippen LogP contribution in [0.2, 0.25) is 0 Å². The van der Waals surface area contributed by atoms with Crippen LogP contribution < -0.4 is 4.74 Å². The fourth-order valence-corrected chi connectivity index (χ4v) is 5.56. The highest BCUT2D eigenvalue weighted by Crippen LogP contribution is 2.36. The Labute approximate surface area is 268 Å². The van der Waals surface area contributed by atoms with Gasteiger partial charge in [0, 0.05) is 21.9 Å². The lowest BCUT2D eigenvalue weighted by Crippen LogP contribution is -2.06. The van der Waals surface area contributed by atoms with E-state index in [4.69, 9.17) is 18.9 Å². The topological polar surface area (TPSA) is 88.1 Å². The van der Waals surface area contributed by atoms with Crippen molar-refractivity contribution < 1.29 is 33.3 Å². The second kappa shape index (κ2) is 17.6. The van der Waals surface area contributed by atoms with E-state index in [1.807, 2.05) is 36.4 Å². The molecule has 0 spiro atoms. The number of esters is 3. The van der Waals surface area contributed by atoms with Crippen LogP contribution in [0.4, 0.5) is 0 Å². The number of carbonyl (C=O) groups excluding carboxylic acids is 3. The number of unbranched alkanes of at least 4 members (excludes halogenated alkanes) is 4. The molecular weight excluding hydrogens is 588 g/mol. The summed E-state index contributed by atoms with van der Waals surface area (Å²) >= 11 is 1.72. The van der Waals surface area contributed by atoms with Gasteiger partial charge in [0.05, 0.1) is 32.0 Å². The molecule has 0 radical (unpaired) electrons. The summed E-state index contributed by atoms with van der Waals surface area (Å²) in [5.41, 5.74) is 2.77. The third kappa shape index (κ3) is 10.5. The fraction of sp³-hybridized carbons (Fsp3) is 0.270. The first-order valence-electron chi connectivity index (χ1n) is 15.1. The van der Waals surface area contributed by atoms with Crippen LogP contribution in [0.3, 0.4) is 0 Å². The average molecular weight is 627 g/mol. The summed E-state index contributed by atoms with van der Waals surface area (Å²) in [6.45, 7) is 8.40. The summed E-state index contributed by atoms with van der Waals surface area (Å²) in [6, 6.07) is 24.2. The van der Waals surface area contributed by atoms with Crippen LogP contribution in [-0.4, -0.2) is 44.3 Å². The summed E-state index contributed by atoms with van der Waals surface area (Å²) in [6.07, 6.45) is 7.17. The molecule has 234 valence electrons. The first-order valence-corrected chi connectivity index (χ1v) is 15.9. The Morgan fingerprint density at radius 1 is 0.578 bits per heavy atom. The molecule has 0 aliphatic heterocycles. The maximum Gasteiger partial charge on any atom is 0.338 e. The molecular formula is C37H38O7S. The highest BCUT2D eigenvalue weighted by Gasteiger charge is 2.10. The minimum atomic E-state index is -0.405. The van der Waals surface area contributed by atoms with Gasteiger partial charge in [-0.15, -0.1) is 11.3 Å². The van der Waals surface area contributed by atoms with E-state index in [2.05, 4.69) is 49.6 Å². The van der Waals surface area contributed by atoms with Gasteiger partial charge in [-0.25, -0.2) is 14.4 Å². The number of thiophene rings is 1. The normalized spacial score (nSPS) is 10.7. The van der Waals surface area contributed by atoms with E-state index >= 15 is 0 Å². The van der Waals surface area contributed by atoms with Crippen LogP contribution in [0, 0.1) is 0 Å². The van der Waals surface area contributed by atoms with Crippen molar-refractivity contribution in [2.75, 3.05) is 26.4 Å². The summed E-state index contributed by atoms with van der Waals surface area (Å²) < 4.78 is 21.2. The Kier molecular flexibility index (Phi) is 13.0. The van der Waals surface area contributed by atoms with Crippen molar-refractivity contribution in [1.82, 2.24) is 0 Å². The van der Waals surface area contributed by atoms with Crippen LogP contribution in [0.5, 0.6) is 5.75 Å². The molecule has 0 unspecified atom stereocenters. The molecule has 0 N–H and O–H groups in total. The standard InChI is InChI=1S/C37H38O7S/c1-3-35(38)42-22-7-5-6-8-24-44-37(40)31-14-12-28-25-30(13-11-29(28)26-31)34-20-19-33(45-34)27-15-17-32(18-16-27)41-21-9-10-23-43-36(39)4-2/h3-4,11-20,25-26H,1-2,5-10,21-24H2. The van der Waals surface area contributed by atoms with Crippen LogP contribution >= 0.6 is 11.3 Å². The lowest BCUT2D eigenvalue weighted by molar-refractivity contribution is -0.138. The summed E-state index contributed by atoms with van der Waals surface area (Å²) in [5.74, 6) is -0.332. The van der Waals surface area contributed by atoms with E-state index in [1.54, 1.807) is 11.3 Å². The number of rotatable bonds is 18. The van der Waals surface area contributed by atoms with Crippen LogP contribution in [-0.2, 0) is 23.8 Å². The quantitative estimate of drug-likeness (QED) is 0.0473. The van der Waals surface area contributed by atoms with Gasteiger partial charge in [-0.05, 0) is 115 Å². The van der Waals surface area contributed by atoms with E-state index in [-0.39, 0.29) is 5.97 Å². The smallest absolute Gasteiger partial charge is 0.338 e. The maximum atomic E-state index is 12.6. The van der Waals surface area contributed by atoms with E-state index in [1.165, 1.54) is 0 Å². The first kappa shape index (κ1) is 33.2. The van der Waals surface area contributed by atoms with Gasteiger partial charge in [-0.3, -0.25) is 0 Å². The number of hydrogen-bond donors (Lipinski definition) is 0. The molecule has 0 saturated heterocycles. The monoisotopic (exact) mass is 626 g/mol. The number of ether oxygens (including phenoxy) is 4. The minimum Gasteiger partial charge on any atom is -0.494 e. The highest BCUT2D eigenvalue weighted by molar-refractivity contribution is 7.18. The van der Waals surface area contributed by atoms with Gasteiger partial charge in [0.25, 0.3) is 0 Å². The van der Waals surface area contributed by atoms with Crippen LogP contribution in [0.15, 0.2) is 98.1 Å². The molecule has 7 nitrogen and oxygen atoms in total. The Bertz CT molecular complexity index is 1600. The molecule has 0 amide bonds. The molecule has 0 aliphatic rings. The molecule has 4 rings (SSSR count). The van der Waals surface area contributed by atoms with Crippen LogP contribution in [0.25, 0.3) is 31.7 Å². The molecule has 0 atom stereocenters. The molecule has 4 aromatic rings. The molecule has 0 bridgehead atoms. The van der Waals surface area contributed by atoms with Gasteiger partial charge < -0.3 is 18.9 Å². The van der Waals surface area contributed by atoms with Gasteiger partial charge in [0.15, 0.2) is 0 Å². The Morgan fingerprint density at radius 2 is 1.11 bits per heavy atom. The molecule has 0 saturated carbocycles. The minimum absolute atomic E-state index is 0.327. The van der Waals surface area contributed by atoms with Gasteiger partial charge in [0.1, 0.15) is 5.75 Å². The lowest BCUT2D eigenvalue weighted by Gasteiger charge is -2.07. The van der Waals surface area contributed by atoms with Crippen molar-refractivity contribution in [2.45, 2.75) is 38.5 Å². The van der Waals surface area contributed by atoms with Crippen molar-refractivity contribution in [3.05, 3.63) is 104 Å². The fourth-order valence-electron chi connectivity index (χ4n) is 4.55. The predicted molar refractivity (Wildman–Crippen MR) is 178 cm³/mol. The molecule has 8 heteroatoms. The van der Waals surface area contributed by atoms with Gasteiger partial charge in [-0.2, -0.15) is 0 Å². The number of hydrogen-bond acceptors (Lipinski definition) is 8. The van der Waals surface area contributed by atoms with E-state index < -0.39 is 11.9 Å². The highest BCUT2D eigenvalue weighted by atomic mass is 32.1. The van der Waals surface area contributed by atoms with Crippen molar-refractivity contribution in [3.63, 3.8) is 0 Å². The summed E-state index contributed by atoms with van der Waals surface area (Å²) in [7, 11) is 0. The second-order valence-electron chi connectivity index (χ2n) is 10.3. The summed E-state index contributed by atoms with van der Waals surface area (Å²) in [5, 5.41) is 2.03. The average Bonchev–Trinajstić information content (AvgIpc) is 3.57. The predicted octanol–water partition coefficient (Wildman–Crippen LogP) is 8.57. The number of carbonyl (C=O) groups is 3. The van der Waals surface area contributed by atoms with Gasteiger partial charge in [-0.1, -0.05) is 31.4 Å². The van der Waals surface area contributed by atoms with E-state index in [0.717, 1.165) is 88.1 Å². The first-order chi connectivity index (χ1) is 22.0. The zero-order valence-corrected chi connectivity index (χ0v) is 26.2. The van der Waals surface area contributed by atoms with Crippen molar-refractivity contribution in [3.8, 4) is 26.6 Å². The third-order valence-electron chi connectivity index (χ3n) is 7.01. The van der Waals surface area contributed by atoms with Crippen molar-refractivity contribution in [2.24, 2.45) is 0 Å². The molecule has 1 heterocycles. The maximum absolute atomic E-state index is 12.6. The molecule has 0 fully saturated rings. The third-order valence-corrected chi connectivity index (χ3v) is 8.19. The Morgan fingerprint density at radius 3 is 1.78 bits per heavy atom. The molecule has 1 aromatic heterocycles. The Hall–Kier alpha value is -4.69. The Balaban J connectivity index is 1.24. The molecule has 45 heavy (non-hydrogen) atoms.